The van der Waals surface area contributed by atoms with Gasteiger partial charge < -0.3 is 5.11 Å². The van der Waals surface area contributed by atoms with E-state index in [1.807, 2.05) is 0 Å². The zero-order valence-electron chi connectivity index (χ0n) is 11.8. The van der Waals surface area contributed by atoms with Crippen LogP contribution in [0.1, 0.15) is 56.1 Å². The highest BCUT2D eigenvalue weighted by molar-refractivity contribution is 5.34. The van der Waals surface area contributed by atoms with Crippen molar-refractivity contribution in [2.24, 2.45) is 17.3 Å². The molecule has 19 heavy (non-hydrogen) atoms. The maximum Gasteiger partial charge on any atom is 0.0596 e. The van der Waals surface area contributed by atoms with Crippen molar-refractivity contribution in [1.82, 2.24) is 0 Å². The van der Waals surface area contributed by atoms with Crippen LogP contribution in [0.5, 0.6) is 0 Å². The van der Waals surface area contributed by atoms with Gasteiger partial charge in [0.1, 0.15) is 0 Å². The highest BCUT2D eigenvalue weighted by Gasteiger charge is 2.54. The molecule has 0 bridgehead atoms. The average Bonchev–Trinajstić information content (AvgIpc) is 2.75. The van der Waals surface area contributed by atoms with Crippen LogP contribution in [0.3, 0.4) is 0 Å². The number of hydrogen-bond donors (Lipinski definition) is 1. The van der Waals surface area contributed by atoms with Crippen LogP contribution in [0, 0.1) is 17.3 Å². The smallest absolute Gasteiger partial charge is 0.0596 e. The summed E-state index contributed by atoms with van der Waals surface area (Å²) in [6.07, 6.45) is 7.33. The van der Waals surface area contributed by atoms with Gasteiger partial charge in [0.05, 0.1) is 6.10 Å². The van der Waals surface area contributed by atoms with Gasteiger partial charge in [0, 0.05) is 0 Å². The molecular weight excluding hydrogens is 232 g/mol. The lowest BCUT2D eigenvalue weighted by Crippen LogP contribution is -2.43. The molecule has 102 valence electrons. The van der Waals surface area contributed by atoms with Crippen molar-refractivity contribution in [2.45, 2.75) is 57.5 Å². The number of fused-ring (bicyclic) bond motifs is 5. The molecular formula is C18H24O. The lowest BCUT2D eigenvalue weighted by atomic mass is 9.55. The molecule has 1 aromatic carbocycles. The average molecular weight is 256 g/mol. The van der Waals surface area contributed by atoms with Gasteiger partial charge in [-0.15, -0.1) is 0 Å². The molecule has 5 atom stereocenters. The first-order valence-corrected chi connectivity index (χ1v) is 7.96. The summed E-state index contributed by atoms with van der Waals surface area (Å²) in [4.78, 5) is 0. The number of rotatable bonds is 0. The summed E-state index contributed by atoms with van der Waals surface area (Å²) in [7, 11) is 0. The van der Waals surface area contributed by atoms with Crippen LogP contribution in [-0.4, -0.2) is 11.2 Å². The second-order valence-corrected chi connectivity index (χ2v) is 7.25. The first-order chi connectivity index (χ1) is 9.20. The monoisotopic (exact) mass is 256 g/mol. The number of aryl methyl sites for hydroxylation is 1. The van der Waals surface area contributed by atoms with E-state index in [0.29, 0.717) is 0 Å². The van der Waals surface area contributed by atoms with Crippen LogP contribution >= 0.6 is 0 Å². The quantitative estimate of drug-likeness (QED) is 0.746. The topological polar surface area (TPSA) is 20.2 Å². The van der Waals surface area contributed by atoms with Crippen molar-refractivity contribution in [3.63, 3.8) is 0 Å². The summed E-state index contributed by atoms with van der Waals surface area (Å²) in [5, 5.41) is 10.4. The van der Waals surface area contributed by atoms with Crippen LogP contribution in [0.2, 0.25) is 0 Å². The predicted octanol–water partition coefficient (Wildman–Crippen LogP) is 3.90. The third kappa shape index (κ3) is 1.57. The molecule has 0 aromatic heterocycles. The fourth-order valence-corrected chi connectivity index (χ4v) is 5.49. The Morgan fingerprint density at radius 1 is 1.11 bits per heavy atom. The fourth-order valence-electron chi connectivity index (χ4n) is 5.49. The Morgan fingerprint density at radius 3 is 2.84 bits per heavy atom. The van der Waals surface area contributed by atoms with Crippen molar-refractivity contribution in [3.05, 3.63) is 35.4 Å². The third-order valence-corrected chi connectivity index (χ3v) is 6.59. The molecule has 0 spiro atoms. The molecule has 0 aliphatic heterocycles. The molecule has 1 aromatic rings. The van der Waals surface area contributed by atoms with Gasteiger partial charge >= 0.3 is 0 Å². The van der Waals surface area contributed by atoms with Gasteiger partial charge in [-0.2, -0.15) is 0 Å². The minimum Gasteiger partial charge on any atom is -0.393 e. The zero-order chi connectivity index (χ0) is 13.0. The van der Waals surface area contributed by atoms with E-state index < -0.39 is 0 Å². The largest absolute Gasteiger partial charge is 0.393 e. The Morgan fingerprint density at radius 2 is 1.95 bits per heavy atom. The van der Waals surface area contributed by atoms with Crippen molar-refractivity contribution in [3.8, 4) is 0 Å². The highest BCUT2D eigenvalue weighted by atomic mass is 16.3. The van der Waals surface area contributed by atoms with Crippen LogP contribution in [0.4, 0.5) is 0 Å². The van der Waals surface area contributed by atoms with Crippen LogP contribution in [0.15, 0.2) is 24.3 Å². The van der Waals surface area contributed by atoms with E-state index in [1.165, 1.54) is 32.1 Å². The molecule has 0 amide bonds. The fraction of sp³-hybridized carbons (Fsp3) is 0.667. The van der Waals surface area contributed by atoms with E-state index in [0.717, 1.165) is 24.2 Å². The summed E-state index contributed by atoms with van der Waals surface area (Å²) in [6.45, 7) is 2.35. The van der Waals surface area contributed by atoms with Crippen molar-refractivity contribution in [1.29, 1.82) is 0 Å². The molecule has 1 nitrogen and oxygen atoms in total. The molecule has 2 saturated carbocycles. The molecule has 2 fully saturated rings. The Hall–Kier alpha value is -0.820. The highest BCUT2D eigenvalue weighted by Crippen LogP contribution is 2.60. The van der Waals surface area contributed by atoms with Crippen molar-refractivity contribution < 1.29 is 5.11 Å². The van der Waals surface area contributed by atoms with Gasteiger partial charge in [0.25, 0.3) is 0 Å². The first-order valence-electron chi connectivity index (χ1n) is 7.96. The van der Waals surface area contributed by atoms with Gasteiger partial charge in [-0.05, 0) is 72.8 Å². The van der Waals surface area contributed by atoms with E-state index in [1.54, 1.807) is 11.1 Å². The van der Waals surface area contributed by atoms with Crippen molar-refractivity contribution >= 4 is 0 Å². The maximum atomic E-state index is 10.4. The number of aliphatic hydroxyl groups excluding tert-OH is 1. The van der Waals surface area contributed by atoms with Gasteiger partial charge in [-0.25, -0.2) is 0 Å². The third-order valence-electron chi connectivity index (χ3n) is 6.59. The van der Waals surface area contributed by atoms with E-state index in [-0.39, 0.29) is 11.5 Å². The Balaban J connectivity index is 1.72. The van der Waals surface area contributed by atoms with E-state index in [2.05, 4.69) is 31.2 Å². The maximum absolute atomic E-state index is 10.4. The second-order valence-electron chi connectivity index (χ2n) is 7.25. The van der Waals surface area contributed by atoms with Gasteiger partial charge in [-0.3, -0.25) is 0 Å². The molecule has 0 unspecified atom stereocenters. The van der Waals surface area contributed by atoms with Gasteiger partial charge in [0.2, 0.25) is 0 Å². The molecule has 0 saturated heterocycles. The van der Waals surface area contributed by atoms with Crippen molar-refractivity contribution in [2.75, 3.05) is 0 Å². The Bertz CT molecular complexity index is 494. The molecule has 3 aliphatic rings. The standard InChI is InChI=1S/C18H24O/c1-18-11-10-14-13-5-3-2-4-12(13)6-7-15(14)16(18)8-9-17(18)19/h2-5,14-17,19H,6-11H2,1H3/t14-,15-,16-,17-,18+/m0/s1. The zero-order valence-corrected chi connectivity index (χ0v) is 11.8. The van der Waals surface area contributed by atoms with Gasteiger partial charge in [0.15, 0.2) is 0 Å². The Labute approximate surface area is 116 Å². The molecule has 3 aliphatic carbocycles. The summed E-state index contributed by atoms with van der Waals surface area (Å²) >= 11 is 0. The summed E-state index contributed by atoms with van der Waals surface area (Å²) in [5.41, 5.74) is 3.43. The first kappa shape index (κ1) is 12.0. The summed E-state index contributed by atoms with van der Waals surface area (Å²) in [6, 6.07) is 9.08. The number of hydrogen-bond acceptors (Lipinski definition) is 1. The van der Waals surface area contributed by atoms with E-state index >= 15 is 0 Å². The van der Waals surface area contributed by atoms with Gasteiger partial charge in [-0.1, -0.05) is 31.2 Å². The normalized spacial score (nSPS) is 44.3. The van der Waals surface area contributed by atoms with E-state index in [4.69, 9.17) is 0 Å². The minimum atomic E-state index is -0.0457. The van der Waals surface area contributed by atoms with Crippen LogP contribution in [0.25, 0.3) is 0 Å². The summed E-state index contributed by atoms with van der Waals surface area (Å²) in [5.74, 6) is 2.36. The molecule has 0 heterocycles. The molecule has 1 heteroatoms. The lowest BCUT2D eigenvalue weighted by Gasteiger charge is -2.50. The molecule has 1 N–H and O–H groups in total. The second kappa shape index (κ2) is 4.09. The minimum absolute atomic E-state index is 0.0457. The molecule has 4 rings (SSSR count). The van der Waals surface area contributed by atoms with Crippen LogP contribution < -0.4 is 0 Å². The number of aliphatic hydroxyl groups is 1. The van der Waals surface area contributed by atoms with E-state index in [9.17, 15) is 5.11 Å². The van der Waals surface area contributed by atoms with Crippen LogP contribution in [-0.2, 0) is 6.42 Å². The molecule has 0 radical (unpaired) electrons. The Kier molecular flexibility index (Phi) is 2.57. The summed E-state index contributed by atoms with van der Waals surface area (Å²) < 4.78 is 0. The predicted molar refractivity (Wildman–Crippen MR) is 77.1 cm³/mol. The lowest BCUT2D eigenvalue weighted by molar-refractivity contribution is -0.0226. The SMILES string of the molecule is C[C@@]12CC[C@H]3c4ccccc4CC[C@@H]3[C@@H]1CC[C@@H]2O. The number of benzene rings is 1.